The van der Waals surface area contributed by atoms with E-state index in [0.717, 1.165) is 17.0 Å². The first-order chi connectivity index (χ1) is 4.33. The molecule has 1 aliphatic rings. The summed E-state index contributed by atoms with van der Waals surface area (Å²) < 4.78 is 0. The van der Waals surface area contributed by atoms with Crippen molar-refractivity contribution < 1.29 is 0 Å². The molecule has 0 radical (unpaired) electrons. The van der Waals surface area contributed by atoms with Crippen molar-refractivity contribution in [1.82, 2.24) is 0 Å². The van der Waals surface area contributed by atoms with Crippen LogP contribution >= 0.6 is 11.6 Å². The van der Waals surface area contributed by atoms with E-state index < -0.39 is 0 Å². The van der Waals surface area contributed by atoms with Gasteiger partial charge in [0.1, 0.15) is 0 Å². The van der Waals surface area contributed by atoms with Crippen LogP contribution in [0, 0.1) is 0 Å². The van der Waals surface area contributed by atoms with E-state index in [9.17, 15) is 0 Å². The van der Waals surface area contributed by atoms with Crippen LogP contribution in [0.15, 0.2) is 35.0 Å². The minimum atomic E-state index is 0.792. The highest BCUT2D eigenvalue weighted by Gasteiger charge is 1.95. The molecule has 2 heteroatoms. The molecule has 0 saturated carbocycles. The van der Waals surface area contributed by atoms with Gasteiger partial charge >= 0.3 is 0 Å². The zero-order valence-electron chi connectivity index (χ0n) is 4.97. The second-order valence-electron chi connectivity index (χ2n) is 1.87. The fourth-order valence-corrected chi connectivity index (χ4v) is 0.802. The molecule has 0 atom stereocenters. The predicted molar refractivity (Wildman–Crippen MR) is 40.0 cm³/mol. The van der Waals surface area contributed by atoms with E-state index in [2.05, 4.69) is 0 Å². The molecular weight excluding hydrogens is 134 g/mol. The summed E-state index contributed by atoms with van der Waals surface area (Å²) in [5.41, 5.74) is 6.37. The second-order valence-corrected chi connectivity index (χ2v) is 2.30. The van der Waals surface area contributed by atoms with Crippen molar-refractivity contribution in [2.45, 2.75) is 6.42 Å². The summed E-state index contributed by atoms with van der Waals surface area (Å²) >= 11 is 5.65. The van der Waals surface area contributed by atoms with Crippen LogP contribution in [0.5, 0.6) is 0 Å². The second kappa shape index (κ2) is 2.74. The maximum atomic E-state index is 5.65. The number of rotatable bonds is 0. The van der Waals surface area contributed by atoms with Crippen LogP contribution in [0.4, 0.5) is 0 Å². The van der Waals surface area contributed by atoms with Gasteiger partial charge in [-0.15, -0.1) is 0 Å². The molecule has 0 aromatic rings. The van der Waals surface area contributed by atoms with E-state index in [-0.39, 0.29) is 0 Å². The van der Waals surface area contributed by atoms with Gasteiger partial charge in [0, 0.05) is 5.03 Å². The molecule has 0 fully saturated rings. The van der Waals surface area contributed by atoms with Crippen LogP contribution in [-0.2, 0) is 0 Å². The summed E-state index contributed by atoms with van der Waals surface area (Å²) in [6.45, 7) is 0. The molecule has 0 amide bonds. The predicted octanol–water partition coefficient (Wildman–Crippen LogP) is 1.91. The molecule has 0 bridgehead atoms. The quantitative estimate of drug-likeness (QED) is 0.548. The van der Waals surface area contributed by atoms with Gasteiger partial charge in [-0.25, -0.2) is 0 Å². The van der Waals surface area contributed by atoms with E-state index >= 15 is 0 Å². The molecule has 0 unspecified atom stereocenters. The van der Waals surface area contributed by atoms with Gasteiger partial charge in [0.2, 0.25) is 0 Å². The van der Waals surface area contributed by atoms with Gasteiger partial charge < -0.3 is 5.73 Å². The molecule has 0 aliphatic heterocycles. The van der Waals surface area contributed by atoms with Crippen LogP contribution < -0.4 is 5.73 Å². The van der Waals surface area contributed by atoms with Crippen molar-refractivity contribution in [2.24, 2.45) is 5.73 Å². The Bertz CT molecular complexity index is 189. The zero-order chi connectivity index (χ0) is 6.69. The highest BCUT2D eigenvalue weighted by atomic mass is 35.5. The molecule has 9 heavy (non-hydrogen) atoms. The first-order valence-corrected chi connectivity index (χ1v) is 3.15. The number of hydrogen-bond acceptors (Lipinski definition) is 1. The Morgan fingerprint density at radius 2 is 2.33 bits per heavy atom. The van der Waals surface area contributed by atoms with Crippen molar-refractivity contribution in [2.75, 3.05) is 0 Å². The Labute approximate surface area is 59.5 Å². The summed E-state index contributed by atoms with van der Waals surface area (Å²) in [5, 5.41) is 0.792. The molecule has 1 aliphatic carbocycles. The Morgan fingerprint density at radius 3 is 2.78 bits per heavy atom. The minimum Gasteiger partial charge on any atom is -0.404 e. The minimum absolute atomic E-state index is 0.792. The van der Waals surface area contributed by atoms with Gasteiger partial charge in [-0.1, -0.05) is 23.8 Å². The number of nitrogens with two attached hydrogens (primary N) is 1. The molecule has 0 saturated heterocycles. The highest BCUT2D eigenvalue weighted by molar-refractivity contribution is 6.31. The fraction of sp³-hybridized carbons (Fsp3) is 0.143. The van der Waals surface area contributed by atoms with E-state index in [0.29, 0.717) is 0 Å². The maximum Gasteiger partial charge on any atom is 0.0369 e. The average Bonchev–Trinajstić information content (AvgIpc) is 1.90. The summed E-state index contributed by atoms with van der Waals surface area (Å²) in [4.78, 5) is 0. The van der Waals surface area contributed by atoms with Crippen molar-refractivity contribution in [3.05, 3.63) is 35.0 Å². The number of halogens is 1. The lowest BCUT2D eigenvalue weighted by atomic mass is 10.1. The van der Waals surface area contributed by atoms with Crippen LogP contribution in [-0.4, -0.2) is 0 Å². The van der Waals surface area contributed by atoms with Gasteiger partial charge in [0.15, 0.2) is 0 Å². The third kappa shape index (κ3) is 1.61. The molecule has 0 aromatic carbocycles. The van der Waals surface area contributed by atoms with Crippen molar-refractivity contribution in [1.29, 1.82) is 0 Å². The molecular formula is C7H8ClN. The summed E-state index contributed by atoms with van der Waals surface area (Å²) in [6, 6.07) is 0. The SMILES string of the molecule is N/C=C1/C=CC(Cl)=CC1. The molecule has 2 N–H and O–H groups in total. The van der Waals surface area contributed by atoms with E-state index in [4.69, 9.17) is 17.3 Å². The lowest BCUT2D eigenvalue weighted by Gasteiger charge is -2.01. The van der Waals surface area contributed by atoms with Gasteiger partial charge in [-0.05, 0) is 24.3 Å². The lowest BCUT2D eigenvalue weighted by molar-refractivity contribution is 1.23. The largest absolute Gasteiger partial charge is 0.404 e. The standard InChI is InChI=1S/C7H8ClN/c8-7-3-1-6(5-9)2-4-7/h1,3-5H,2,9H2/b6-5-. The summed E-state index contributed by atoms with van der Waals surface area (Å²) in [5.74, 6) is 0. The van der Waals surface area contributed by atoms with Crippen LogP contribution in [0.3, 0.4) is 0 Å². The normalized spacial score (nSPS) is 22.3. The van der Waals surface area contributed by atoms with Gasteiger partial charge in [-0.3, -0.25) is 0 Å². The third-order valence-corrected chi connectivity index (χ3v) is 1.48. The molecule has 48 valence electrons. The third-order valence-electron chi connectivity index (χ3n) is 1.20. The van der Waals surface area contributed by atoms with E-state index in [1.165, 1.54) is 0 Å². The van der Waals surface area contributed by atoms with Crippen molar-refractivity contribution >= 4 is 11.6 Å². The molecule has 0 heterocycles. The first kappa shape index (κ1) is 6.43. The molecule has 0 aromatic heterocycles. The van der Waals surface area contributed by atoms with Gasteiger partial charge in [0.05, 0.1) is 0 Å². The van der Waals surface area contributed by atoms with Crippen molar-refractivity contribution in [3.8, 4) is 0 Å². The Hall–Kier alpha value is -0.690. The number of hydrogen-bond donors (Lipinski definition) is 1. The smallest absolute Gasteiger partial charge is 0.0369 e. The Morgan fingerprint density at radius 1 is 1.56 bits per heavy atom. The zero-order valence-corrected chi connectivity index (χ0v) is 5.73. The van der Waals surface area contributed by atoms with E-state index in [1.54, 1.807) is 6.20 Å². The molecule has 1 nitrogen and oxygen atoms in total. The topological polar surface area (TPSA) is 26.0 Å². The lowest BCUT2D eigenvalue weighted by Crippen LogP contribution is -1.87. The van der Waals surface area contributed by atoms with Crippen molar-refractivity contribution in [3.63, 3.8) is 0 Å². The fourth-order valence-electron chi connectivity index (χ4n) is 0.662. The van der Waals surface area contributed by atoms with Gasteiger partial charge in [-0.2, -0.15) is 0 Å². The number of allylic oxidation sites excluding steroid dienone is 5. The highest BCUT2D eigenvalue weighted by Crippen LogP contribution is 2.16. The first-order valence-electron chi connectivity index (χ1n) is 2.77. The summed E-state index contributed by atoms with van der Waals surface area (Å²) in [7, 11) is 0. The molecule has 0 spiro atoms. The molecule has 1 rings (SSSR count). The Kier molecular flexibility index (Phi) is 1.96. The Balaban J connectivity index is 2.70. The summed E-state index contributed by atoms with van der Waals surface area (Å²) in [6.07, 6.45) is 8.13. The van der Waals surface area contributed by atoms with Crippen LogP contribution in [0.1, 0.15) is 6.42 Å². The average molecular weight is 142 g/mol. The monoisotopic (exact) mass is 141 g/mol. The van der Waals surface area contributed by atoms with E-state index in [1.807, 2.05) is 18.2 Å². The van der Waals surface area contributed by atoms with Crippen LogP contribution in [0.25, 0.3) is 0 Å². The van der Waals surface area contributed by atoms with Crippen LogP contribution in [0.2, 0.25) is 0 Å². The maximum absolute atomic E-state index is 5.65. The van der Waals surface area contributed by atoms with Gasteiger partial charge in [0.25, 0.3) is 0 Å².